The van der Waals surface area contributed by atoms with E-state index in [2.05, 4.69) is 18.8 Å². The molecule has 0 saturated heterocycles. The number of hydrogen-bond acceptors (Lipinski definition) is 4. The van der Waals surface area contributed by atoms with Crippen LogP contribution in [-0.2, 0) is 16.0 Å². The number of carbonyl (C=O) groups is 1. The summed E-state index contributed by atoms with van der Waals surface area (Å²) in [6, 6.07) is 3.84. The fraction of sp³-hybridized carbons (Fsp3) is 0.600. The van der Waals surface area contributed by atoms with Crippen molar-refractivity contribution in [2.75, 3.05) is 13.2 Å². The number of aromatic nitrogens is 1. The third kappa shape index (κ3) is 4.31. The molecule has 1 unspecified atom stereocenters. The first-order valence-corrected chi connectivity index (χ1v) is 6.80. The van der Waals surface area contributed by atoms with Gasteiger partial charge in [0.1, 0.15) is 0 Å². The molecule has 1 aromatic rings. The van der Waals surface area contributed by atoms with Crippen LogP contribution in [-0.4, -0.2) is 24.1 Å². The molecule has 0 aliphatic rings. The van der Waals surface area contributed by atoms with E-state index in [9.17, 15) is 4.79 Å². The smallest absolute Gasteiger partial charge is 0.313 e. The second-order valence-corrected chi connectivity index (χ2v) is 5.34. The van der Waals surface area contributed by atoms with Gasteiger partial charge in [0.25, 0.3) is 0 Å². The number of nitrogens with zero attached hydrogens (tertiary/aromatic N) is 1. The van der Waals surface area contributed by atoms with Crippen LogP contribution in [0.3, 0.4) is 0 Å². The molecule has 19 heavy (non-hydrogen) atoms. The van der Waals surface area contributed by atoms with Gasteiger partial charge >= 0.3 is 5.97 Å². The summed E-state index contributed by atoms with van der Waals surface area (Å²) in [6.45, 7) is 6.69. The van der Waals surface area contributed by atoms with Crippen LogP contribution in [0.25, 0.3) is 0 Å². The van der Waals surface area contributed by atoms with E-state index >= 15 is 0 Å². The number of carbonyl (C=O) groups excluding carboxylic acids is 1. The predicted octanol–water partition coefficient (Wildman–Crippen LogP) is 2.18. The summed E-state index contributed by atoms with van der Waals surface area (Å²) >= 11 is 0. The Morgan fingerprint density at radius 3 is 2.53 bits per heavy atom. The first kappa shape index (κ1) is 15.6. The molecule has 0 aromatic carbocycles. The molecule has 0 radical (unpaired) electrons. The number of nitrogens with two attached hydrogens (primary N) is 1. The van der Waals surface area contributed by atoms with Crippen molar-refractivity contribution < 1.29 is 9.53 Å². The summed E-state index contributed by atoms with van der Waals surface area (Å²) in [5, 5.41) is 0. The van der Waals surface area contributed by atoms with E-state index in [0.29, 0.717) is 25.5 Å². The number of ether oxygens (including phenoxy) is 1. The van der Waals surface area contributed by atoms with E-state index in [1.54, 1.807) is 12.4 Å². The number of hydrogen-bond donors (Lipinski definition) is 1. The third-order valence-electron chi connectivity index (χ3n) is 3.19. The van der Waals surface area contributed by atoms with Gasteiger partial charge < -0.3 is 10.5 Å². The van der Waals surface area contributed by atoms with Crippen LogP contribution in [0, 0.1) is 11.3 Å². The Morgan fingerprint density at radius 2 is 2.05 bits per heavy atom. The summed E-state index contributed by atoms with van der Waals surface area (Å²) in [5.41, 5.74) is 6.35. The lowest BCUT2D eigenvalue weighted by Crippen LogP contribution is -2.43. The zero-order valence-electron chi connectivity index (χ0n) is 12.1. The average Bonchev–Trinajstić information content (AvgIpc) is 2.38. The molecule has 0 aliphatic heterocycles. The minimum atomic E-state index is -0.633. The van der Waals surface area contributed by atoms with E-state index in [4.69, 9.17) is 10.5 Å². The van der Waals surface area contributed by atoms with Gasteiger partial charge in [-0.1, -0.05) is 13.8 Å². The first-order valence-electron chi connectivity index (χ1n) is 6.80. The van der Waals surface area contributed by atoms with Gasteiger partial charge in [0, 0.05) is 18.9 Å². The van der Waals surface area contributed by atoms with Crippen molar-refractivity contribution in [3.8, 4) is 0 Å². The molecule has 2 N–H and O–H groups in total. The maximum absolute atomic E-state index is 12.3. The van der Waals surface area contributed by atoms with Crippen molar-refractivity contribution in [2.45, 2.75) is 33.6 Å². The van der Waals surface area contributed by atoms with Gasteiger partial charge in [-0.25, -0.2) is 0 Å². The minimum absolute atomic E-state index is 0.192. The molecule has 0 saturated carbocycles. The third-order valence-corrected chi connectivity index (χ3v) is 3.19. The molecule has 0 bridgehead atoms. The first-order chi connectivity index (χ1) is 9.04. The Morgan fingerprint density at radius 1 is 1.42 bits per heavy atom. The molecule has 0 spiro atoms. The zero-order valence-corrected chi connectivity index (χ0v) is 12.1. The molecule has 1 aromatic heterocycles. The lowest BCUT2D eigenvalue weighted by Gasteiger charge is -2.31. The highest BCUT2D eigenvalue weighted by Gasteiger charge is 2.39. The van der Waals surface area contributed by atoms with Crippen molar-refractivity contribution in [3.63, 3.8) is 0 Å². The Hall–Kier alpha value is -1.42. The van der Waals surface area contributed by atoms with Crippen LogP contribution in [0.5, 0.6) is 0 Å². The lowest BCUT2D eigenvalue weighted by molar-refractivity contribution is -0.156. The second kappa shape index (κ2) is 7.24. The van der Waals surface area contributed by atoms with Gasteiger partial charge in [0.15, 0.2) is 0 Å². The summed E-state index contributed by atoms with van der Waals surface area (Å²) < 4.78 is 5.24. The van der Waals surface area contributed by atoms with E-state index in [-0.39, 0.29) is 5.97 Å². The van der Waals surface area contributed by atoms with Crippen LogP contribution < -0.4 is 5.73 Å². The summed E-state index contributed by atoms with van der Waals surface area (Å²) in [6.07, 6.45) is 4.79. The van der Waals surface area contributed by atoms with Crippen LogP contribution in [0.1, 0.15) is 32.8 Å². The average molecular weight is 264 g/mol. The Balaban J connectivity index is 2.98. The van der Waals surface area contributed by atoms with Gasteiger partial charge in [-0.15, -0.1) is 0 Å². The van der Waals surface area contributed by atoms with Gasteiger partial charge in [-0.05, 0) is 43.4 Å². The van der Waals surface area contributed by atoms with Gasteiger partial charge in [-0.2, -0.15) is 0 Å². The van der Waals surface area contributed by atoms with E-state index < -0.39 is 5.41 Å². The van der Waals surface area contributed by atoms with E-state index in [0.717, 1.165) is 12.0 Å². The van der Waals surface area contributed by atoms with Crippen molar-refractivity contribution in [1.82, 2.24) is 4.98 Å². The molecular weight excluding hydrogens is 240 g/mol. The Bertz CT molecular complexity index is 392. The van der Waals surface area contributed by atoms with E-state index in [1.807, 2.05) is 19.1 Å². The largest absolute Gasteiger partial charge is 0.466 e. The number of pyridine rings is 1. The van der Waals surface area contributed by atoms with Crippen molar-refractivity contribution in [2.24, 2.45) is 17.1 Å². The number of esters is 1. The molecule has 1 heterocycles. The molecule has 1 atom stereocenters. The SMILES string of the molecule is CCOC(=O)C(CN)(Cc1ccncc1)CC(C)C. The summed E-state index contributed by atoms with van der Waals surface area (Å²) in [4.78, 5) is 16.3. The monoisotopic (exact) mass is 264 g/mol. The molecule has 1 rings (SSSR count). The molecule has 4 heteroatoms. The molecule has 0 aliphatic carbocycles. The quantitative estimate of drug-likeness (QED) is 0.767. The van der Waals surface area contributed by atoms with E-state index in [1.165, 1.54) is 0 Å². The lowest BCUT2D eigenvalue weighted by atomic mass is 9.75. The van der Waals surface area contributed by atoms with Crippen LogP contribution in [0.2, 0.25) is 0 Å². The highest BCUT2D eigenvalue weighted by atomic mass is 16.5. The zero-order chi connectivity index (χ0) is 14.3. The van der Waals surface area contributed by atoms with Crippen molar-refractivity contribution >= 4 is 5.97 Å². The molecule has 0 fully saturated rings. The Kier molecular flexibility index (Phi) is 5.96. The fourth-order valence-electron chi connectivity index (χ4n) is 2.42. The summed E-state index contributed by atoms with van der Waals surface area (Å²) in [7, 11) is 0. The summed E-state index contributed by atoms with van der Waals surface area (Å²) in [5.74, 6) is 0.192. The normalized spacial score (nSPS) is 14.2. The molecule has 4 nitrogen and oxygen atoms in total. The maximum atomic E-state index is 12.3. The molecule has 106 valence electrons. The second-order valence-electron chi connectivity index (χ2n) is 5.34. The predicted molar refractivity (Wildman–Crippen MR) is 75.5 cm³/mol. The van der Waals surface area contributed by atoms with Crippen LogP contribution in [0.15, 0.2) is 24.5 Å². The highest BCUT2D eigenvalue weighted by Crippen LogP contribution is 2.31. The van der Waals surface area contributed by atoms with Gasteiger partial charge in [0.2, 0.25) is 0 Å². The Labute approximate surface area is 115 Å². The molecule has 0 amide bonds. The van der Waals surface area contributed by atoms with Crippen LogP contribution in [0.4, 0.5) is 0 Å². The van der Waals surface area contributed by atoms with Gasteiger partial charge in [-0.3, -0.25) is 9.78 Å². The van der Waals surface area contributed by atoms with Crippen molar-refractivity contribution in [3.05, 3.63) is 30.1 Å². The fourth-order valence-corrected chi connectivity index (χ4v) is 2.42. The van der Waals surface area contributed by atoms with Crippen molar-refractivity contribution in [1.29, 1.82) is 0 Å². The highest BCUT2D eigenvalue weighted by molar-refractivity contribution is 5.77. The molecular formula is C15H24N2O2. The maximum Gasteiger partial charge on any atom is 0.313 e. The number of rotatable bonds is 7. The standard InChI is InChI=1S/C15H24N2O2/c1-4-19-14(18)15(11-16,9-12(2)3)10-13-5-7-17-8-6-13/h5-8,12H,4,9-11,16H2,1-3H3. The topological polar surface area (TPSA) is 65.2 Å². The van der Waals surface area contributed by atoms with Crippen LogP contribution >= 0.6 is 0 Å². The van der Waals surface area contributed by atoms with Gasteiger partial charge in [0.05, 0.1) is 12.0 Å². The minimum Gasteiger partial charge on any atom is -0.466 e.